The number of guanidine groups is 1. The fourth-order valence-electron chi connectivity index (χ4n) is 2.11. The largest absolute Gasteiger partial charge is 0.390 e. The molecule has 0 atom stereocenters. The van der Waals surface area contributed by atoms with Crippen molar-refractivity contribution in [2.45, 2.75) is 31.3 Å². The van der Waals surface area contributed by atoms with Gasteiger partial charge in [0, 0.05) is 31.1 Å². The number of rotatable bonds is 3. The summed E-state index contributed by atoms with van der Waals surface area (Å²) in [7, 11) is 0. The Bertz CT molecular complexity index is 265. The number of aliphatic imine (C=N–C) groups is 1. The van der Waals surface area contributed by atoms with Crippen molar-refractivity contribution >= 4 is 41.7 Å². The van der Waals surface area contributed by atoms with Crippen molar-refractivity contribution in [1.29, 1.82) is 0 Å². The van der Waals surface area contributed by atoms with Crippen LogP contribution in [-0.2, 0) is 0 Å². The van der Waals surface area contributed by atoms with Crippen LogP contribution in [0.5, 0.6) is 0 Å². The molecule has 0 amide bonds. The molecule has 3 N–H and O–H groups in total. The topological polar surface area (TPSA) is 61.9 Å². The van der Waals surface area contributed by atoms with E-state index in [4.69, 9.17) is 5.73 Å². The molecule has 100 valence electrons. The molecule has 0 unspecified atom stereocenters. The van der Waals surface area contributed by atoms with Crippen LogP contribution in [0.15, 0.2) is 4.99 Å². The predicted octanol–water partition coefficient (Wildman–Crippen LogP) is 1.27. The Balaban J connectivity index is 0.00000144. The van der Waals surface area contributed by atoms with Crippen LogP contribution in [0.25, 0.3) is 0 Å². The molecule has 2 fully saturated rings. The highest BCUT2D eigenvalue weighted by molar-refractivity contribution is 14.0. The van der Waals surface area contributed by atoms with Gasteiger partial charge in [-0.15, -0.1) is 24.0 Å². The monoisotopic (exact) mass is 371 g/mol. The molecule has 1 heterocycles. The van der Waals surface area contributed by atoms with Crippen molar-refractivity contribution in [3.8, 4) is 0 Å². The number of thioether (sulfide) groups is 1. The van der Waals surface area contributed by atoms with Crippen LogP contribution in [0.1, 0.15) is 25.7 Å². The quantitative estimate of drug-likeness (QED) is 0.446. The normalized spacial score (nSPS) is 23.8. The zero-order valence-corrected chi connectivity index (χ0v) is 13.2. The zero-order chi connectivity index (χ0) is 11.4. The third kappa shape index (κ3) is 4.48. The lowest BCUT2D eigenvalue weighted by Gasteiger charge is -2.36. The lowest BCUT2D eigenvalue weighted by molar-refractivity contribution is -0.0378. The Morgan fingerprint density at radius 3 is 2.53 bits per heavy atom. The third-order valence-electron chi connectivity index (χ3n) is 3.47. The van der Waals surface area contributed by atoms with Crippen molar-refractivity contribution in [2.75, 3.05) is 31.1 Å². The summed E-state index contributed by atoms with van der Waals surface area (Å²) < 4.78 is 0. The van der Waals surface area contributed by atoms with Crippen molar-refractivity contribution in [3.63, 3.8) is 0 Å². The number of aliphatic hydroxyl groups is 1. The van der Waals surface area contributed by atoms with Crippen LogP contribution in [0.2, 0.25) is 0 Å². The maximum Gasteiger partial charge on any atom is 0.191 e. The summed E-state index contributed by atoms with van der Waals surface area (Å²) in [6.45, 7) is 2.67. The Labute approximate surface area is 124 Å². The minimum atomic E-state index is -0.429. The predicted molar refractivity (Wildman–Crippen MR) is 84.2 cm³/mol. The fourth-order valence-corrected chi connectivity index (χ4v) is 3.01. The molecule has 6 heteroatoms. The summed E-state index contributed by atoms with van der Waals surface area (Å²) in [5.74, 6) is 2.93. The SMILES string of the molecule is I.NC(=NCCC1(O)CCC1)N1CCSCC1. The average molecular weight is 371 g/mol. The average Bonchev–Trinajstić information content (AvgIpc) is 2.28. The molecule has 0 aromatic rings. The van der Waals surface area contributed by atoms with Crippen molar-refractivity contribution in [3.05, 3.63) is 0 Å². The molecule has 0 aromatic heterocycles. The van der Waals surface area contributed by atoms with E-state index >= 15 is 0 Å². The summed E-state index contributed by atoms with van der Waals surface area (Å²) in [4.78, 5) is 6.51. The molecule has 1 saturated carbocycles. The van der Waals surface area contributed by atoms with Gasteiger partial charge in [0.25, 0.3) is 0 Å². The molecule has 1 saturated heterocycles. The van der Waals surface area contributed by atoms with Gasteiger partial charge in [0.15, 0.2) is 5.96 Å². The number of hydrogen-bond donors (Lipinski definition) is 2. The first kappa shape index (κ1) is 15.4. The molecule has 17 heavy (non-hydrogen) atoms. The second-order valence-electron chi connectivity index (χ2n) is 4.67. The molecular weight excluding hydrogens is 349 g/mol. The Morgan fingerprint density at radius 1 is 1.35 bits per heavy atom. The second kappa shape index (κ2) is 7.04. The third-order valence-corrected chi connectivity index (χ3v) is 4.41. The van der Waals surface area contributed by atoms with Gasteiger partial charge in [-0.05, 0) is 25.7 Å². The highest BCUT2D eigenvalue weighted by Crippen LogP contribution is 2.34. The minimum absolute atomic E-state index is 0. The van der Waals surface area contributed by atoms with Gasteiger partial charge in [0.05, 0.1) is 5.60 Å². The van der Waals surface area contributed by atoms with Gasteiger partial charge in [0.2, 0.25) is 0 Å². The minimum Gasteiger partial charge on any atom is -0.390 e. The Morgan fingerprint density at radius 2 is 2.00 bits per heavy atom. The molecule has 1 aliphatic heterocycles. The second-order valence-corrected chi connectivity index (χ2v) is 5.89. The maximum absolute atomic E-state index is 9.91. The molecule has 4 nitrogen and oxygen atoms in total. The Hall–Kier alpha value is 0.310. The van der Waals surface area contributed by atoms with Crippen molar-refractivity contribution < 1.29 is 5.11 Å². The van der Waals surface area contributed by atoms with E-state index in [2.05, 4.69) is 9.89 Å². The van der Waals surface area contributed by atoms with Gasteiger partial charge < -0.3 is 15.7 Å². The van der Waals surface area contributed by atoms with Crippen LogP contribution in [0.3, 0.4) is 0 Å². The van der Waals surface area contributed by atoms with E-state index in [0.717, 1.165) is 50.3 Å². The maximum atomic E-state index is 9.91. The van der Waals surface area contributed by atoms with Gasteiger partial charge in [-0.2, -0.15) is 11.8 Å². The van der Waals surface area contributed by atoms with Crippen LogP contribution in [0, 0.1) is 0 Å². The first-order valence-corrected chi connectivity index (χ1v) is 7.20. The van der Waals surface area contributed by atoms with Crippen LogP contribution >= 0.6 is 35.7 Å². The summed E-state index contributed by atoms with van der Waals surface area (Å²) >= 11 is 1.96. The molecule has 0 radical (unpaired) electrons. The van der Waals surface area contributed by atoms with Gasteiger partial charge in [-0.3, -0.25) is 4.99 Å². The summed E-state index contributed by atoms with van der Waals surface area (Å²) in [6, 6.07) is 0. The summed E-state index contributed by atoms with van der Waals surface area (Å²) in [5.41, 5.74) is 5.49. The van der Waals surface area contributed by atoms with Gasteiger partial charge in [-0.25, -0.2) is 0 Å². The first-order chi connectivity index (χ1) is 7.70. The van der Waals surface area contributed by atoms with Gasteiger partial charge in [0.1, 0.15) is 0 Å². The lowest BCUT2D eigenvalue weighted by Crippen LogP contribution is -2.43. The van der Waals surface area contributed by atoms with Crippen LogP contribution in [0.4, 0.5) is 0 Å². The zero-order valence-electron chi connectivity index (χ0n) is 10.1. The highest BCUT2D eigenvalue weighted by atomic mass is 127. The molecule has 0 aromatic carbocycles. The summed E-state index contributed by atoms with van der Waals surface area (Å²) in [6.07, 6.45) is 3.78. The van der Waals surface area contributed by atoms with E-state index in [1.54, 1.807) is 0 Å². The lowest BCUT2D eigenvalue weighted by atomic mass is 9.78. The van der Waals surface area contributed by atoms with Crippen LogP contribution < -0.4 is 5.73 Å². The molecule has 0 bridgehead atoms. The Kier molecular flexibility index (Phi) is 6.36. The van der Waals surface area contributed by atoms with E-state index in [1.165, 1.54) is 0 Å². The van der Waals surface area contributed by atoms with E-state index in [0.29, 0.717) is 12.5 Å². The number of nitrogens with two attached hydrogens (primary N) is 1. The summed E-state index contributed by atoms with van der Waals surface area (Å²) in [5, 5.41) is 9.91. The first-order valence-electron chi connectivity index (χ1n) is 6.05. The molecule has 1 aliphatic carbocycles. The molecule has 2 aliphatic rings. The van der Waals surface area contributed by atoms with E-state index in [9.17, 15) is 5.11 Å². The molecule has 2 rings (SSSR count). The van der Waals surface area contributed by atoms with Crippen molar-refractivity contribution in [2.24, 2.45) is 10.7 Å². The van der Waals surface area contributed by atoms with Crippen molar-refractivity contribution in [1.82, 2.24) is 4.90 Å². The smallest absolute Gasteiger partial charge is 0.191 e. The van der Waals surface area contributed by atoms with E-state index < -0.39 is 5.60 Å². The number of halogens is 1. The van der Waals surface area contributed by atoms with Crippen LogP contribution in [-0.4, -0.2) is 52.7 Å². The standard InChI is InChI=1S/C11H21N3OS.HI/c12-10(14-6-8-16-9-7-14)13-5-4-11(15)2-1-3-11;/h15H,1-9H2,(H2,12,13);1H. The van der Waals surface area contributed by atoms with Gasteiger partial charge in [-0.1, -0.05) is 0 Å². The van der Waals surface area contributed by atoms with E-state index in [1.807, 2.05) is 11.8 Å². The van der Waals surface area contributed by atoms with E-state index in [-0.39, 0.29) is 24.0 Å². The molecular formula is C11H22IN3OS. The highest BCUT2D eigenvalue weighted by Gasteiger charge is 2.33. The molecule has 0 spiro atoms. The number of hydrogen-bond acceptors (Lipinski definition) is 3. The number of nitrogens with zero attached hydrogens (tertiary/aromatic N) is 2. The fraction of sp³-hybridized carbons (Fsp3) is 0.909. The van der Waals surface area contributed by atoms with Gasteiger partial charge >= 0.3 is 0 Å².